The highest BCUT2D eigenvalue weighted by Gasteiger charge is 2.23. The Kier molecular flexibility index (Phi) is 5.48. The zero-order valence-electron chi connectivity index (χ0n) is 13.1. The third-order valence-electron chi connectivity index (χ3n) is 2.80. The van der Waals surface area contributed by atoms with Gasteiger partial charge in [-0.15, -0.1) is 0 Å². The fraction of sp³-hybridized carbons (Fsp3) is 0.643. The number of ether oxygens (including phenoxy) is 1. The number of nitrogens with zero attached hydrogens (tertiary/aromatic N) is 2. The van der Waals surface area contributed by atoms with Gasteiger partial charge >= 0.3 is 5.97 Å². The topological polar surface area (TPSA) is 93.5 Å². The van der Waals surface area contributed by atoms with E-state index in [1.165, 1.54) is 4.68 Å². The van der Waals surface area contributed by atoms with Crippen molar-refractivity contribution in [1.29, 1.82) is 0 Å². The first-order chi connectivity index (χ1) is 9.60. The standard InChI is InChI=1S/C14H23N3O4/c1-9-10(8-17(5)16-9)12(18)15-11(13(19)20)6-7-21-14(2,3)4/h8,11H,6-7H2,1-5H3,(H,15,18)(H,19,20). The zero-order chi connectivity index (χ0) is 16.2. The lowest BCUT2D eigenvalue weighted by Crippen LogP contribution is -2.42. The van der Waals surface area contributed by atoms with Crippen molar-refractivity contribution in [3.8, 4) is 0 Å². The first-order valence-corrected chi connectivity index (χ1v) is 6.78. The van der Waals surface area contributed by atoms with Crippen molar-refractivity contribution < 1.29 is 19.4 Å². The number of rotatable bonds is 6. The van der Waals surface area contributed by atoms with E-state index < -0.39 is 17.9 Å². The van der Waals surface area contributed by atoms with Crippen LogP contribution in [0.4, 0.5) is 0 Å². The molecule has 0 bridgehead atoms. The maximum atomic E-state index is 12.1. The van der Waals surface area contributed by atoms with E-state index in [1.54, 1.807) is 20.2 Å². The van der Waals surface area contributed by atoms with Crippen LogP contribution in [0.2, 0.25) is 0 Å². The Hall–Kier alpha value is -1.89. The van der Waals surface area contributed by atoms with Gasteiger partial charge in [0, 0.05) is 26.3 Å². The number of hydrogen-bond acceptors (Lipinski definition) is 4. The molecular formula is C14H23N3O4. The molecule has 0 aliphatic rings. The van der Waals surface area contributed by atoms with Crippen LogP contribution in [-0.4, -0.2) is 45.0 Å². The fourth-order valence-corrected chi connectivity index (χ4v) is 1.80. The van der Waals surface area contributed by atoms with Crippen LogP contribution < -0.4 is 5.32 Å². The van der Waals surface area contributed by atoms with Gasteiger partial charge in [-0.05, 0) is 27.7 Å². The van der Waals surface area contributed by atoms with E-state index in [-0.39, 0.29) is 18.6 Å². The third-order valence-corrected chi connectivity index (χ3v) is 2.80. The Balaban J connectivity index is 2.64. The summed E-state index contributed by atoms with van der Waals surface area (Å²) in [6.45, 7) is 7.63. The molecule has 1 amide bonds. The minimum Gasteiger partial charge on any atom is -0.480 e. The number of amides is 1. The Morgan fingerprint density at radius 1 is 1.48 bits per heavy atom. The van der Waals surface area contributed by atoms with Crippen molar-refractivity contribution in [3.05, 3.63) is 17.5 Å². The van der Waals surface area contributed by atoms with Crippen LogP contribution in [0.25, 0.3) is 0 Å². The average molecular weight is 297 g/mol. The van der Waals surface area contributed by atoms with Gasteiger partial charge in [0.1, 0.15) is 6.04 Å². The van der Waals surface area contributed by atoms with Gasteiger partial charge in [0.25, 0.3) is 5.91 Å². The number of nitrogens with one attached hydrogen (secondary N) is 1. The second-order valence-electron chi connectivity index (χ2n) is 5.92. The van der Waals surface area contributed by atoms with Crippen LogP contribution in [0.1, 0.15) is 43.2 Å². The molecule has 0 radical (unpaired) electrons. The monoisotopic (exact) mass is 297 g/mol. The minimum atomic E-state index is -1.08. The molecule has 1 rings (SSSR count). The number of hydrogen-bond donors (Lipinski definition) is 2. The van der Waals surface area contributed by atoms with E-state index in [9.17, 15) is 14.7 Å². The molecule has 2 N–H and O–H groups in total. The van der Waals surface area contributed by atoms with Gasteiger partial charge < -0.3 is 15.2 Å². The van der Waals surface area contributed by atoms with E-state index in [0.717, 1.165) is 0 Å². The first-order valence-electron chi connectivity index (χ1n) is 6.78. The van der Waals surface area contributed by atoms with Crippen LogP contribution in [0.3, 0.4) is 0 Å². The molecule has 1 aromatic rings. The predicted octanol–water partition coefficient (Wildman–Crippen LogP) is 1.12. The summed E-state index contributed by atoms with van der Waals surface area (Å²) >= 11 is 0. The van der Waals surface area contributed by atoms with E-state index in [0.29, 0.717) is 11.3 Å². The number of aliphatic carboxylic acids is 1. The van der Waals surface area contributed by atoms with Crippen molar-refractivity contribution >= 4 is 11.9 Å². The molecule has 0 aliphatic carbocycles. The molecular weight excluding hydrogens is 274 g/mol. The molecule has 0 saturated heterocycles. The summed E-state index contributed by atoms with van der Waals surface area (Å²) in [5.74, 6) is -1.52. The van der Waals surface area contributed by atoms with E-state index in [1.807, 2.05) is 20.8 Å². The lowest BCUT2D eigenvalue weighted by molar-refractivity contribution is -0.140. The number of aryl methyl sites for hydroxylation is 2. The number of carbonyl (C=O) groups excluding carboxylic acids is 1. The number of aromatic nitrogens is 2. The maximum absolute atomic E-state index is 12.1. The molecule has 118 valence electrons. The highest BCUT2D eigenvalue weighted by Crippen LogP contribution is 2.09. The van der Waals surface area contributed by atoms with Gasteiger partial charge in [-0.25, -0.2) is 4.79 Å². The molecule has 0 spiro atoms. The van der Waals surface area contributed by atoms with Crippen molar-refractivity contribution in [2.45, 2.75) is 45.8 Å². The summed E-state index contributed by atoms with van der Waals surface area (Å²) in [5, 5.41) is 15.7. The average Bonchev–Trinajstić information content (AvgIpc) is 2.65. The van der Waals surface area contributed by atoms with E-state index in [2.05, 4.69) is 10.4 Å². The summed E-state index contributed by atoms with van der Waals surface area (Å²) in [4.78, 5) is 23.3. The number of carboxylic acid groups (broad SMARTS) is 1. The Labute approximate surface area is 124 Å². The summed E-state index contributed by atoms with van der Waals surface area (Å²) in [7, 11) is 1.70. The normalized spacial score (nSPS) is 13.0. The highest BCUT2D eigenvalue weighted by atomic mass is 16.5. The number of carbonyl (C=O) groups is 2. The van der Waals surface area contributed by atoms with Crippen LogP contribution >= 0.6 is 0 Å². The van der Waals surface area contributed by atoms with Crippen molar-refractivity contribution in [2.75, 3.05) is 6.61 Å². The molecule has 0 saturated carbocycles. The molecule has 7 nitrogen and oxygen atoms in total. The zero-order valence-corrected chi connectivity index (χ0v) is 13.1. The van der Waals surface area contributed by atoms with Crippen LogP contribution in [-0.2, 0) is 16.6 Å². The lowest BCUT2D eigenvalue weighted by Gasteiger charge is -2.21. The SMILES string of the molecule is Cc1nn(C)cc1C(=O)NC(CCOC(C)(C)C)C(=O)O. The van der Waals surface area contributed by atoms with Gasteiger partial charge in [-0.3, -0.25) is 9.48 Å². The van der Waals surface area contributed by atoms with Gasteiger partial charge in [-0.1, -0.05) is 0 Å². The Bertz CT molecular complexity index is 517. The minimum absolute atomic E-state index is 0.206. The summed E-state index contributed by atoms with van der Waals surface area (Å²) in [6, 6.07) is -0.987. The molecule has 1 atom stereocenters. The number of carboxylic acids is 1. The quantitative estimate of drug-likeness (QED) is 0.820. The van der Waals surface area contributed by atoms with Gasteiger partial charge in [0.05, 0.1) is 16.9 Å². The van der Waals surface area contributed by atoms with Crippen LogP contribution in [0.5, 0.6) is 0 Å². The third kappa shape index (κ3) is 5.55. The van der Waals surface area contributed by atoms with Crippen LogP contribution in [0.15, 0.2) is 6.20 Å². The summed E-state index contributed by atoms with van der Waals surface area (Å²) in [6.07, 6.45) is 1.77. The molecule has 1 aromatic heterocycles. The van der Waals surface area contributed by atoms with Crippen molar-refractivity contribution in [3.63, 3.8) is 0 Å². The van der Waals surface area contributed by atoms with E-state index in [4.69, 9.17) is 4.74 Å². The smallest absolute Gasteiger partial charge is 0.326 e. The van der Waals surface area contributed by atoms with E-state index >= 15 is 0 Å². The molecule has 0 fully saturated rings. The highest BCUT2D eigenvalue weighted by molar-refractivity contribution is 5.97. The largest absolute Gasteiger partial charge is 0.480 e. The van der Waals surface area contributed by atoms with Gasteiger partial charge in [0.2, 0.25) is 0 Å². The summed E-state index contributed by atoms with van der Waals surface area (Å²) in [5.41, 5.74) is 0.595. The fourth-order valence-electron chi connectivity index (χ4n) is 1.80. The Morgan fingerprint density at radius 3 is 2.52 bits per heavy atom. The molecule has 0 aromatic carbocycles. The maximum Gasteiger partial charge on any atom is 0.326 e. The second kappa shape index (κ2) is 6.71. The van der Waals surface area contributed by atoms with Crippen molar-refractivity contribution in [2.24, 2.45) is 7.05 Å². The molecule has 1 unspecified atom stereocenters. The van der Waals surface area contributed by atoms with Crippen LogP contribution in [0, 0.1) is 6.92 Å². The first kappa shape index (κ1) is 17.2. The van der Waals surface area contributed by atoms with Gasteiger partial charge in [-0.2, -0.15) is 5.10 Å². The molecule has 0 aliphatic heterocycles. The molecule has 21 heavy (non-hydrogen) atoms. The second-order valence-corrected chi connectivity index (χ2v) is 5.92. The molecule has 7 heteroatoms. The Morgan fingerprint density at radius 2 is 2.10 bits per heavy atom. The predicted molar refractivity (Wildman–Crippen MR) is 77.2 cm³/mol. The summed E-state index contributed by atoms with van der Waals surface area (Å²) < 4.78 is 7.01. The molecule has 1 heterocycles. The van der Waals surface area contributed by atoms with Gasteiger partial charge in [0.15, 0.2) is 0 Å². The lowest BCUT2D eigenvalue weighted by atomic mass is 10.1. The van der Waals surface area contributed by atoms with Crippen molar-refractivity contribution in [1.82, 2.24) is 15.1 Å².